The Morgan fingerprint density at radius 2 is 2.17 bits per heavy atom. The standard InChI is InChI=1S/C15H22FNO/c1-3-13(11-7-4-5-8-12(11)16)17-14-9-6-10-15(14)18-2/h4-5,7-8,13-15,17H,3,6,9-10H2,1-2H3. The van der Waals surface area contributed by atoms with E-state index in [-0.39, 0.29) is 18.0 Å². The lowest BCUT2D eigenvalue weighted by Gasteiger charge is -2.26. The number of hydrogen-bond donors (Lipinski definition) is 1. The van der Waals surface area contributed by atoms with Crippen molar-refractivity contribution in [3.63, 3.8) is 0 Å². The summed E-state index contributed by atoms with van der Waals surface area (Å²) >= 11 is 0. The average Bonchev–Trinajstić information content (AvgIpc) is 2.84. The van der Waals surface area contributed by atoms with Crippen molar-refractivity contribution in [1.82, 2.24) is 5.32 Å². The van der Waals surface area contributed by atoms with E-state index >= 15 is 0 Å². The van der Waals surface area contributed by atoms with Crippen LogP contribution in [-0.4, -0.2) is 19.3 Å². The third-order valence-electron chi connectivity index (χ3n) is 3.86. The lowest BCUT2D eigenvalue weighted by atomic mass is 10.0. The van der Waals surface area contributed by atoms with E-state index in [9.17, 15) is 4.39 Å². The van der Waals surface area contributed by atoms with E-state index in [1.807, 2.05) is 12.1 Å². The Kier molecular flexibility index (Phi) is 4.72. The second kappa shape index (κ2) is 6.30. The van der Waals surface area contributed by atoms with Gasteiger partial charge in [0.05, 0.1) is 6.10 Å². The quantitative estimate of drug-likeness (QED) is 0.865. The Balaban J connectivity index is 2.08. The van der Waals surface area contributed by atoms with Gasteiger partial charge in [-0.1, -0.05) is 25.1 Å². The Morgan fingerprint density at radius 1 is 1.39 bits per heavy atom. The van der Waals surface area contributed by atoms with Crippen molar-refractivity contribution in [3.05, 3.63) is 35.6 Å². The molecule has 100 valence electrons. The van der Waals surface area contributed by atoms with Crippen molar-refractivity contribution in [3.8, 4) is 0 Å². The van der Waals surface area contributed by atoms with Gasteiger partial charge in [0.15, 0.2) is 0 Å². The molecule has 0 saturated heterocycles. The van der Waals surface area contributed by atoms with Crippen molar-refractivity contribution < 1.29 is 9.13 Å². The lowest BCUT2D eigenvalue weighted by molar-refractivity contribution is 0.0808. The van der Waals surface area contributed by atoms with Gasteiger partial charge >= 0.3 is 0 Å². The predicted molar refractivity (Wildman–Crippen MR) is 71.0 cm³/mol. The number of ether oxygens (including phenoxy) is 1. The Labute approximate surface area is 109 Å². The van der Waals surface area contributed by atoms with Gasteiger partial charge in [0.25, 0.3) is 0 Å². The molecular weight excluding hydrogens is 229 g/mol. The van der Waals surface area contributed by atoms with Crippen molar-refractivity contribution in [1.29, 1.82) is 0 Å². The Morgan fingerprint density at radius 3 is 2.83 bits per heavy atom. The molecule has 2 rings (SSSR count). The molecule has 3 heteroatoms. The van der Waals surface area contributed by atoms with Gasteiger partial charge in [0, 0.05) is 24.8 Å². The summed E-state index contributed by atoms with van der Waals surface area (Å²) in [6.07, 6.45) is 4.55. The predicted octanol–water partition coefficient (Wildman–Crippen LogP) is 3.43. The number of rotatable bonds is 5. The molecule has 1 saturated carbocycles. The molecule has 0 heterocycles. The molecule has 0 aromatic heterocycles. The largest absolute Gasteiger partial charge is 0.380 e. The molecule has 1 N–H and O–H groups in total. The summed E-state index contributed by atoms with van der Waals surface area (Å²) < 4.78 is 19.3. The molecule has 0 bridgehead atoms. The molecule has 3 unspecified atom stereocenters. The molecule has 0 spiro atoms. The van der Waals surface area contributed by atoms with Gasteiger partial charge in [-0.15, -0.1) is 0 Å². The fourth-order valence-corrected chi connectivity index (χ4v) is 2.84. The summed E-state index contributed by atoms with van der Waals surface area (Å²) in [5.41, 5.74) is 0.766. The number of hydrogen-bond acceptors (Lipinski definition) is 2. The minimum Gasteiger partial charge on any atom is -0.380 e. The molecule has 18 heavy (non-hydrogen) atoms. The maximum atomic E-state index is 13.8. The van der Waals surface area contributed by atoms with Crippen molar-refractivity contribution in [2.75, 3.05) is 7.11 Å². The van der Waals surface area contributed by atoms with Crippen LogP contribution >= 0.6 is 0 Å². The summed E-state index contributed by atoms with van der Waals surface area (Å²) in [6, 6.07) is 7.45. The van der Waals surface area contributed by atoms with E-state index < -0.39 is 0 Å². The molecule has 3 atom stereocenters. The lowest BCUT2D eigenvalue weighted by Crippen LogP contribution is -2.39. The van der Waals surface area contributed by atoms with Gasteiger partial charge in [-0.25, -0.2) is 4.39 Å². The van der Waals surface area contributed by atoms with Crippen molar-refractivity contribution >= 4 is 0 Å². The molecule has 0 radical (unpaired) electrons. The van der Waals surface area contributed by atoms with E-state index in [1.165, 1.54) is 12.5 Å². The summed E-state index contributed by atoms with van der Waals surface area (Å²) in [5, 5.41) is 3.56. The van der Waals surface area contributed by atoms with Crippen LogP contribution in [-0.2, 0) is 4.74 Å². The van der Waals surface area contributed by atoms with Crippen LogP contribution in [0.15, 0.2) is 24.3 Å². The van der Waals surface area contributed by atoms with Gasteiger partial charge in [0.1, 0.15) is 5.82 Å². The third kappa shape index (κ3) is 2.90. The average molecular weight is 251 g/mol. The van der Waals surface area contributed by atoms with Crippen LogP contribution in [0.1, 0.15) is 44.2 Å². The van der Waals surface area contributed by atoms with Crippen molar-refractivity contribution in [2.24, 2.45) is 0 Å². The van der Waals surface area contributed by atoms with E-state index in [2.05, 4.69) is 12.2 Å². The van der Waals surface area contributed by atoms with E-state index in [1.54, 1.807) is 13.2 Å². The normalized spacial score (nSPS) is 25.3. The minimum atomic E-state index is -0.121. The van der Waals surface area contributed by atoms with Crippen LogP contribution in [0.25, 0.3) is 0 Å². The number of methoxy groups -OCH3 is 1. The highest BCUT2D eigenvalue weighted by Crippen LogP contribution is 2.27. The smallest absolute Gasteiger partial charge is 0.127 e. The topological polar surface area (TPSA) is 21.3 Å². The molecule has 0 amide bonds. The third-order valence-corrected chi connectivity index (χ3v) is 3.86. The zero-order valence-corrected chi connectivity index (χ0v) is 11.2. The number of nitrogens with one attached hydrogen (secondary N) is 1. The van der Waals surface area contributed by atoms with Crippen LogP contribution < -0.4 is 5.32 Å². The van der Waals surface area contributed by atoms with Crippen LogP contribution in [0.2, 0.25) is 0 Å². The SMILES string of the molecule is CCC(NC1CCCC1OC)c1ccccc1F. The molecule has 0 aliphatic heterocycles. The fraction of sp³-hybridized carbons (Fsp3) is 0.600. The van der Waals surface area contributed by atoms with E-state index in [4.69, 9.17) is 4.74 Å². The molecule has 1 aliphatic carbocycles. The molecule has 1 aromatic rings. The highest BCUT2D eigenvalue weighted by molar-refractivity contribution is 5.21. The summed E-state index contributed by atoms with van der Waals surface area (Å²) in [7, 11) is 1.76. The highest BCUT2D eigenvalue weighted by atomic mass is 19.1. The Hall–Kier alpha value is -0.930. The second-order valence-electron chi connectivity index (χ2n) is 4.96. The van der Waals surface area contributed by atoms with Crippen LogP contribution in [0.4, 0.5) is 4.39 Å². The first kappa shape index (κ1) is 13.5. The highest BCUT2D eigenvalue weighted by Gasteiger charge is 2.29. The van der Waals surface area contributed by atoms with Gasteiger partial charge < -0.3 is 10.1 Å². The summed E-state index contributed by atoms with van der Waals surface area (Å²) in [5.74, 6) is -0.121. The Bertz CT molecular complexity index is 383. The molecule has 1 fully saturated rings. The maximum Gasteiger partial charge on any atom is 0.127 e. The first-order chi connectivity index (χ1) is 8.76. The van der Waals surface area contributed by atoms with Crippen LogP contribution in [0.3, 0.4) is 0 Å². The monoisotopic (exact) mass is 251 g/mol. The first-order valence-electron chi connectivity index (χ1n) is 6.79. The number of benzene rings is 1. The molecule has 1 aromatic carbocycles. The van der Waals surface area contributed by atoms with Gasteiger partial charge in [-0.3, -0.25) is 0 Å². The van der Waals surface area contributed by atoms with Gasteiger partial charge in [0.2, 0.25) is 0 Å². The zero-order chi connectivity index (χ0) is 13.0. The second-order valence-corrected chi connectivity index (χ2v) is 4.96. The van der Waals surface area contributed by atoms with Gasteiger partial charge in [-0.2, -0.15) is 0 Å². The molecular formula is C15H22FNO. The van der Waals surface area contributed by atoms with Crippen molar-refractivity contribution in [2.45, 2.75) is 50.8 Å². The zero-order valence-electron chi connectivity index (χ0n) is 11.2. The molecule has 2 nitrogen and oxygen atoms in total. The first-order valence-corrected chi connectivity index (χ1v) is 6.79. The van der Waals surface area contributed by atoms with E-state index in [0.717, 1.165) is 24.8 Å². The summed E-state index contributed by atoms with van der Waals surface area (Å²) in [4.78, 5) is 0. The maximum absolute atomic E-state index is 13.8. The van der Waals surface area contributed by atoms with Crippen LogP contribution in [0.5, 0.6) is 0 Å². The van der Waals surface area contributed by atoms with Crippen LogP contribution in [0, 0.1) is 5.82 Å². The van der Waals surface area contributed by atoms with E-state index in [0.29, 0.717) is 6.04 Å². The van der Waals surface area contributed by atoms with Gasteiger partial charge in [-0.05, 0) is 31.7 Å². The molecule has 1 aliphatic rings. The minimum absolute atomic E-state index is 0.0759. The fourth-order valence-electron chi connectivity index (χ4n) is 2.84. The summed E-state index contributed by atoms with van der Waals surface area (Å²) in [6.45, 7) is 2.08. The number of halogens is 1.